The smallest absolute Gasteiger partial charge is 0.223 e. The largest absolute Gasteiger partial charge is 0.469 e. The fourth-order valence-corrected chi connectivity index (χ4v) is 3.47. The Morgan fingerprint density at radius 2 is 1.67 bits per heavy atom. The van der Waals surface area contributed by atoms with Gasteiger partial charge in [-0.2, -0.15) is 5.10 Å². The first kappa shape index (κ1) is 21.7. The molecule has 0 aliphatic rings. The summed E-state index contributed by atoms with van der Waals surface area (Å²) in [5.41, 5.74) is 1.84. The molecule has 1 aromatic heterocycles. The Bertz CT molecular complexity index is 1150. The molecule has 0 amide bonds. The number of hydrogen-bond donors (Lipinski definition) is 0. The number of hydrogen-bond acceptors (Lipinski definition) is 5. The second-order valence-corrected chi connectivity index (χ2v) is 7.53. The van der Waals surface area contributed by atoms with Gasteiger partial charge in [0, 0.05) is 28.8 Å². The lowest BCUT2D eigenvalue weighted by Gasteiger charge is -2.09. The number of benzene rings is 2. The molecule has 0 saturated heterocycles. The van der Waals surface area contributed by atoms with Crippen molar-refractivity contribution in [3.05, 3.63) is 80.5 Å². The van der Waals surface area contributed by atoms with Crippen LogP contribution in [0.25, 0.3) is 0 Å². The van der Waals surface area contributed by atoms with Crippen LogP contribution in [0.4, 0.5) is 0 Å². The third-order valence-electron chi connectivity index (χ3n) is 4.53. The molecular formula is C22H18Cl2N2O4. The zero-order chi connectivity index (χ0) is 22.0. The van der Waals surface area contributed by atoms with E-state index >= 15 is 0 Å². The van der Waals surface area contributed by atoms with Gasteiger partial charge in [0.15, 0.2) is 18.2 Å². The summed E-state index contributed by atoms with van der Waals surface area (Å²) >= 11 is 12.1. The summed E-state index contributed by atoms with van der Waals surface area (Å²) in [6.07, 6.45) is 0. The molecule has 0 radical (unpaired) electrons. The van der Waals surface area contributed by atoms with Crippen LogP contribution >= 0.6 is 23.2 Å². The van der Waals surface area contributed by atoms with Crippen molar-refractivity contribution in [1.29, 1.82) is 0 Å². The number of halogens is 2. The lowest BCUT2D eigenvalue weighted by atomic mass is 10.0. The molecule has 0 fully saturated rings. The molecule has 154 valence electrons. The van der Waals surface area contributed by atoms with E-state index in [0.717, 1.165) is 0 Å². The molecule has 30 heavy (non-hydrogen) atoms. The standard InChI is InChI=1S/C22H18Cl2N2O4/c1-12-20(21(29)17-9-8-16(23)10-18(17)24)22(26(3)25-12)30-11-19(28)15-6-4-14(5-7-15)13(2)27/h4-10H,11H2,1-3H3. The van der Waals surface area contributed by atoms with E-state index in [2.05, 4.69) is 5.10 Å². The molecule has 0 atom stereocenters. The number of carbonyl (C=O) groups is 3. The van der Waals surface area contributed by atoms with E-state index in [4.69, 9.17) is 27.9 Å². The van der Waals surface area contributed by atoms with Crippen molar-refractivity contribution < 1.29 is 19.1 Å². The van der Waals surface area contributed by atoms with E-state index in [9.17, 15) is 14.4 Å². The van der Waals surface area contributed by atoms with Gasteiger partial charge in [-0.25, -0.2) is 4.68 Å². The molecule has 3 aromatic rings. The molecule has 1 heterocycles. The Labute approximate surface area is 183 Å². The van der Waals surface area contributed by atoms with E-state index in [1.165, 1.54) is 23.7 Å². The number of aryl methyl sites for hydroxylation is 2. The average Bonchev–Trinajstić information content (AvgIpc) is 2.98. The first-order valence-electron chi connectivity index (χ1n) is 8.99. The number of nitrogens with zero attached hydrogens (tertiary/aromatic N) is 2. The van der Waals surface area contributed by atoms with Crippen LogP contribution in [0.3, 0.4) is 0 Å². The van der Waals surface area contributed by atoms with Gasteiger partial charge < -0.3 is 4.74 Å². The van der Waals surface area contributed by atoms with Gasteiger partial charge >= 0.3 is 0 Å². The Kier molecular flexibility index (Phi) is 6.39. The fraction of sp³-hybridized carbons (Fsp3) is 0.182. The SMILES string of the molecule is CC(=O)c1ccc(C(=O)COc2c(C(=O)c3ccc(Cl)cc3Cl)c(C)nn2C)cc1. The summed E-state index contributed by atoms with van der Waals surface area (Å²) in [5, 5.41) is 4.87. The topological polar surface area (TPSA) is 78.3 Å². The van der Waals surface area contributed by atoms with Crippen LogP contribution in [0.1, 0.15) is 49.3 Å². The maximum atomic E-state index is 13.1. The highest BCUT2D eigenvalue weighted by Gasteiger charge is 2.25. The van der Waals surface area contributed by atoms with Crippen molar-refractivity contribution in [3.63, 3.8) is 0 Å². The van der Waals surface area contributed by atoms with Crippen LogP contribution in [-0.4, -0.2) is 33.7 Å². The predicted octanol–water partition coefficient (Wildman–Crippen LogP) is 4.73. The third-order valence-corrected chi connectivity index (χ3v) is 5.07. The highest BCUT2D eigenvalue weighted by Crippen LogP contribution is 2.29. The van der Waals surface area contributed by atoms with Gasteiger partial charge in [-0.3, -0.25) is 14.4 Å². The van der Waals surface area contributed by atoms with Crippen molar-refractivity contribution in [3.8, 4) is 5.88 Å². The average molecular weight is 445 g/mol. The number of ketones is 3. The Hall–Kier alpha value is -2.96. The van der Waals surface area contributed by atoms with Crippen molar-refractivity contribution in [1.82, 2.24) is 9.78 Å². The van der Waals surface area contributed by atoms with E-state index in [0.29, 0.717) is 21.8 Å². The lowest BCUT2D eigenvalue weighted by Crippen LogP contribution is -2.15. The van der Waals surface area contributed by atoms with Gasteiger partial charge in [-0.05, 0) is 32.0 Å². The second kappa shape index (κ2) is 8.81. The highest BCUT2D eigenvalue weighted by molar-refractivity contribution is 6.37. The monoisotopic (exact) mass is 444 g/mol. The molecule has 0 aliphatic heterocycles. The molecular weight excluding hydrogens is 427 g/mol. The first-order valence-corrected chi connectivity index (χ1v) is 9.75. The van der Waals surface area contributed by atoms with Crippen molar-refractivity contribution in [2.24, 2.45) is 7.05 Å². The third kappa shape index (κ3) is 4.45. The molecule has 0 saturated carbocycles. The second-order valence-electron chi connectivity index (χ2n) is 6.69. The summed E-state index contributed by atoms with van der Waals surface area (Å²) in [5.74, 6) is -0.598. The summed E-state index contributed by atoms with van der Waals surface area (Å²) in [7, 11) is 1.62. The van der Waals surface area contributed by atoms with Gasteiger partial charge in [0.2, 0.25) is 11.7 Å². The Morgan fingerprint density at radius 1 is 1.03 bits per heavy atom. The number of carbonyl (C=O) groups excluding carboxylic acids is 3. The van der Waals surface area contributed by atoms with Crippen LogP contribution in [0.5, 0.6) is 5.88 Å². The molecule has 0 aliphatic carbocycles. The highest BCUT2D eigenvalue weighted by atomic mass is 35.5. The van der Waals surface area contributed by atoms with Gasteiger partial charge in [0.1, 0.15) is 5.56 Å². The van der Waals surface area contributed by atoms with Crippen LogP contribution < -0.4 is 4.74 Å². The van der Waals surface area contributed by atoms with E-state index in [1.807, 2.05) is 0 Å². The zero-order valence-corrected chi connectivity index (χ0v) is 18.0. The predicted molar refractivity (Wildman–Crippen MR) is 114 cm³/mol. The maximum absolute atomic E-state index is 13.1. The molecule has 0 unspecified atom stereocenters. The molecule has 8 heteroatoms. The quantitative estimate of drug-likeness (QED) is 0.492. The van der Waals surface area contributed by atoms with Crippen LogP contribution in [-0.2, 0) is 7.05 Å². The summed E-state index contributed by atoms with van der Waals surface area (Å²) in [4.78, 5) is 36.9. The number of ether oxygens (including phenoxy) is 1. The molecule has 2 aromatic carbocycles. The first-order chi connectivity index (χ1) is 14.2. The van der Waals surface area contributed by atoms with Crippen LogP contribution in [0, 0.1) is 6.92 Å². The molecule has 6 nitrogen and oxygen atoms in total. The normalized spacial score (nSPS) is 10.7. The van der Waals surface area contributed by atoms with Crippen molar-refractivity contribution in [2.75, 3.05) is 6.61 Å². The van der Waals surface area contributed by atoms with E-state index in [1.54, 1.807) is 44.3 Å². The van der Waals surface area contributed by atoms with E-state index in [-0.39, 0.29) is 46.0 Å². The molecule has 3 rings (SSSR count). The van der Waals surface area contributed by atoms with Crippen molar-refractivity contribution >= 4 is 40.6 Å². The number of rotatable bonds is 7. The minimum absolute atomic E-state index is 0.0837. The zero-order valence-electron chi connectivity index (χ0n) is 16.5. The number of Topliss-reactive ketones (excluding diaryl/α,β-unsaturated/α-hetero) is 2. The summed E-state index contributed by atoms with van der Waals surface area (Å²) in [6.45, 7) is 2.83. The van der Waals surface area contributed by atoms with Gasteiger partial charge in [-0.1, -0.05) is 47.5 Å². The molecule has 0 N–H and O–H groups in total. The summed E-state index contributed by atoms with van der Waals surface area (Å²) < 4.78 is 7.08. The minimum atomic E-state index is -0.379. The summed E-state index contributed by atoms with van der Waals surface area (Å²) in [6, 6.07) is 10.9. The fourth-order valence-electron chi connectivity index (χ4n) is 2.98. The Balaban J connectivity index is 1.84. The van der Waals surface area contributed by atoms with E-state index < -0.39 is 0 Å². The number of aromatic nitrogens is 2. The maximum Gasteiger partial charge on any atom is 0.223 e. The lowest BCUT2D eigenvalue weighted by molar-refractivity contribution is 0.0907. The van der Waals surface area contributed by atoms with Gasteiger partial charge in [-0.15, -0.1) is 0 Å². The minimum Gasteiger partial charge on any atom is -0.469 e. The van der Waals surface area contributed by atoms with Crippen LogP contribution in [0.2, 0.25) is 10.0 Å². The van der Waals surface area contributed by atoms with Crippen LogP contribution in [0.15, 0.2) is 42.5 Å². The van der Waals surface area contributed by atoms with Gasteiger partial charge in [0.25, 0.3) is 0 Å². The molecule has 0 bridgehead atoms. The van der Waals surface area contributed by atoms with Crippen molar-refractivity contribution in [2.45, 2.75) is 13.8 Å². The molecule has 0 spiro atoms. The Morgan fingerprint density at radius 3 is 2.27 bits per heavy atom. The van der Waals surface area contributed by atoms with Gasteiger partial charge in [0.05, 0.1) is 10.7 Å².